The Bertz CT molecular complexity index is 1110. The monoisotopic (exact) mass is 495 g/mol. The number of aliphatic hydroxyl groups excluding tert-OH is 2. The van der Waals surface area contributed by atoms with Gasteiger partial charge in [-0.25, -0.2) is 0 Å². The van der Waals surface area contributed by atoms with Crippen molar-refractivity contribution in [2.24, 2.45) is 33.5 Å². The molecule has 1 aromatic rings. The van der Waals surface area contributed by atoms with Crippen LogP contribution >= 0.6 is 0 Å². The molecular weight excluding hydrogens is 454 g/mol. The number of Topliss-reactive ketones (excluding diaryl/α,β-unsaturated/α-hetero) is 1. The fraction of sp³-hybridized carbons (Fsp3) is 0.700. The number of allylic oxidation sites excluding steroid dienone is 4. The van der Waals surface area contributed by atoms with Crippen LogP contribution in [0.5, 0.6) is 0 Å². The lowest BCUT2D eigenvalue weighted by molar-refractivity contribution is -0.175. The maximum absolute atomic E-state index is 14.1. The van der Waals surface area contributed by atoms with Crippen LogP contribution in [0.2, 0.25) is 0 Å². The van der Waals surface area contributed by atoms with E-state index in [1.54, 1.807) is 18.4 Å². The molecule has 1 aromatic heterocycles. The van der Waals surface area contributed by atoms with Crippen LogP contribution in [0.15, 0.2) is 46.6 Å². The quantitative estimate of drug-likeness (QED) is 0.408. The summed E-state index contributed by atoms with van der Waals surface area (Å²) in [6.45, 7) is 5.75. The lowest BCUT2D eigenvalue weighted by Crippen LogP contribution is -2.67. The number of hydrogen-bond acceptors (Lipinski definition) is 6. The first-order chi connectivity index (χ1) is 17.1. The molecule has 1 unspecified atom stereocenters. The smallest absolute Gasteiger partial charge is 0.224 e. The van der Waals surface area contributed by atoms with Crippen LogP contribution in [0.4, 0.5) is 0 Å². The molecule has 0 radical (unpaired) electrons. The van der Waals surface area contributed by atoms with Crippen molar-refractivity contribution in [1.82, 2.24) is 4.90 Å². The lowest BCUT2D eigenvalue weighted by atomic mass is 9.32. The van der Waals surface area contributed by atoms with Crippen LogP contribution < -0.4 is 0 Å². The minimum atomic E-state index is -0.885. The first-order valence-electron chi connectivity index (χ1n) is 13.8. The van der Waals surface area contributed by atoms with Crippen molar-refractivity contribution in [3.05, 3.63) is 48.0 Å². The van der Waals surface area contributed by atoms with Crippen molar-refractivity contribution in [3.63, 3.8) is 0 Å². The van der Waals surface area contributed by atoms with Crippen LogP contribution in [0, 0.1) is 33.5 Å². The summed E-state index contributed by atoms with van der Waals surface area (Å²) in [5.74, 6) is 0.720. The third-order valence-corrected chi connectivity index (χ3v) is 11.7. The van der Waals surface area contributed by atoms with Gasteiger partial charge in [0.15, 0.2) is 5.76 Å². The van der Waals surface area contributed by atoms with Gasteiger partial charge >= 0.3 is 0 Å². The van der Waals surface area contributed by atoms with Gasteiger partial charge in [-0.15, -0.1) is 0 Å². The van der Waals surface area contributed by atoms with Gasteiger partial charge in [0.05, 0.1) is 24.6 Å². The lowest BCUT2D eigenvalue weighted by Gasteiger charge is -2.71. The average Bonchev–Trinajstić information content (AvgIpc) is 3.45. The van der Waals surface area contributed by atoms with Gasteiger partial charge in [0.1, 0.15) is 0 Å². The fourth-order valence-electron chi connectivity index (χ4n) is 9.83. The molecule has 3 N–H and O–H groups in total. The van der Waals surface area contributed by atoms with Crippen LogP contribution in [0.3, 0.4) is 0 Å². The van der Waals surface area contributed by atoms with Gasteiger partial charge in [0.2, 0.25) is 5.78 Å². The Kier molecular flexibility index (Phi) is 5.39. The highest BCUT2D eigenvalue weighted by Gasteiger charge is 2.74. The Morgan fingerprint density at radius 3 is 2.56 bits per heavy atom. The molecule has 6 aliphatic rings. The highest BCUT2D eigenvalue weighted by molar-refractivity contribution is 6.08. The third kappa shape index (κ3) is 2.90. The van der Waals surface area contributed by atoms with E-state index in [9.17, 15) is 20.1 Å². The number of carbonyl (C=O) groups is 1. The summed E-state index contributed by atoms with van der Waals surface area (Å²) >= 11 is 0. The fourth-order valence-corrected chi connectivity index (χ4v) is 9.83. The molecule has 0 saturated heterocycles. The van der Waals surface area contributed by atoms with E-state index >= 15 is 0 Å². The molecule has 36 heavy (non-hydrogen) atoms. The molecule has 2 spiro atoms. The van der Waals surface area contributed by atoms with E-state index in [0.29, 0.717) is 31.7 Å². The summed E-state index contributed by atoms with van der Waals surface area (Å²) < 4.78 is 5.63. The first kappa shape index (κ1) is 24.6. The maximum Gasteiger partial charge on any atom is 0.224 e. The van der Waals surface area contributed by atoms with Crippen molar-refractivity contribution < 1.29 is 24.5 Å². The molecule has 6 nitrogen and oxygen atoms in total. The van der Waals surface area contributed by atoms with Gasteiger partial charge in [0.25, 0.3) is 0 Å². The van der Waals surface area contributed by atoms with E-state index in [4.69, 9.17) is 4.42 Å². The highest BCUT2D eigenvalue weighted by Crippen LogP contribution is 2.78. The van der Waals surface area contributed by atoms with Crippen LogP contribution in [0.25, 0.3) is 0 Å². The number of nitrogens with zero attached hydrogens (tertiary/aromatic N) is 1. The van der Waals surface area contributed by atoms with Crippen molar-refractivity contribution in [2.45, 2.75) is 70.5 Å². The summed E-state index contributed by atoms with van der Waals surface area (Å²) in [6, 6.07) is 3.52. The van der Waals surface area contributed by atoms with Crippen molar-refractivity contribution in [1.29, 1.82) is 0 Å². The Hall–Kier alpha value is -1.73. The minimum absolute atomic E-state index is 0.0381. The topological polar surface area (TPSA) is 94.1 Å². The van der Waals surface area contributed by atoms with Gasteiger partial charge < -0.3 is 24.6 Å². The van der Waals surface area contributed by atoms with E-state index in [1.807, 2.05) is 11.9 Å². The SMILES string of the molecule is CN(CCO)C[C@]1(O)CC[C@H]2[C@]34C=C[C@@]5(C=C3C(=O)c3ccco3)CC(O)CC[C@]5(C)[C@H]4CC[C@@]21C. The number of hydrogen-bond donors (Lipinski definition) is 3. The zero-order valence-electron chi connectivity index (χ0n) is 21.9. The molecule has 0 aliphatic heterocycles. The number of aliphatic hydroxyl groups is 3. The molecule has 6 heteroatoms. The predicted molar refractivity (Wildman–Crippen MR) is 136 cm³/mol. The molecule has 3 saturated carbocycles. The molecule has 196 valence electrons. The number of furan rings is 1. The third-order valence-electron chi connectivity index (χ3n) is 11.7. The summed E-state index contributed by atoms with van der Waals surface area (Å²) in [7, 11) is 1.96. The van der Waals surface area contributed by atoms with Gasteiger partial charge in [-0.05, 0) is 81.4 Å². The van der Waals surface area contributed by atoms with Crippen LogP contribution in [-0.4, -0.2) is 64.5 Å². The molecular formula is C30H41NO5. The normalized spacial score (nSPS) is 46.9. The van der Waals surface area contributed by atoms with E-state index in [2.05, 4.69) is 32.1 Å². The Balaban J connectivity index is 1.51. The molecule has 7 rings (SSSR count). The Morgan fingerprint density at radius 1 is 1.11 bits per heavy atom. The molecule has 8 atom stereocenters. The molecule has 3 fully saturated rings. The molecule has 6 aliphatic carbocycles. The minimum Gasteiger partial charge on any atom is -0.461 e. The van der Waals surface area contributed by atoms with E-state index < -0.39 is 11.0 Å². The second-order valence-corrected chi connectivity index (χ2v) is 13.1. The Morgan fingerprint density at radius 2 is 1.83 bits per heavy atom. The van der Waals surface area contributed by atoms with Gasteiger partial charge in [-0.1, -0.05) is 32.1 Å². The molecule has 0 amide bonds. The number of ketones is 1. The standard InChI is InChI=1S/C30H41NO5/c1-26-9-6-20(33)17-28(26)12-13-30(21(18-28)25(34)22-5-4-16-36-22)23(26)7-10-27(2)24(30)8-11-29(27,35)19-31(3)14-15-32/h4-5,12-13,16,18,20,23-24,32-33,35H,6-11,14-15,17,19H2,1-3H3/t20?,23-,24-,26-,27+,28+,29-,30-/m1/s1. The second-order valence-electron chi connectivity index (χ2n) is 13.1. The summed E-state index contributed by atoms with van der Waals surface area (Å²) in [6.07, 6.45) is 13.9. The van der Waals surface area contributed by atoms with Gasteiger partial charge in [-0.3, -0.25) is 4.79 Å². The van der Waals surface area contributed by atoms with Crippen molar-refractivity contribution in [2.75, 3.05) is 26.7 Å². The highest BCUT2D eigenvalue weighted by atomic mass is 16.3. The van der Waals surface area contributed by atoms with E-state index in [1.165, 1.54) is 0 Å². The van der Waals surface area contributed by atoms with E-state index in [-0.39, 0.29) is 46.6 Å². The summed E-state index contributed by atoms with van der Waals surface area (Å²) in [4.78, 5) is 16.2. The zero-order valence-corrected chi connectivity index (χ0v) is 21.9. The summed E-state index contributed by atoms with van der Waals surface area (Å²) in [5.41, 5.74) is -1.26. The van der Waals surface area contributed by atoms with Gasteiger partial charge in [-0.2, -0.15) is 0 Å². The summed E-state index contributed by atoms with van der Waals surface area (Å²) in [5, 5.41) is 32.4. The molecule has 1 heterocycles. The number of fused-ring (bicyclic) bond motifs is 1. The molecule has 0 aromatic carbocycles. The number of rotatable bonds is 6. The first-order valence-corrected chi connectivity index (χ1v) is 13.8. The molecule has 2 bridgehead atoms. The van der Waals surface area contributed by atoms with Crippen LogP contribution in [0.1, 0.15) is 69.3 Å². The zero-order chi connectivity index (χ0) is 25.6. The van der Waals surface area contributed by atoms with E-state index in [0.717, 1.165) is 37.7 Å². The average molecular weight is 496 g/mol. The maximum atomic E-state index is 14.1. The predicted octanol–water partition coefficient (Wildman–Crippen LogP) is 3.98. The van der Waals surface area contributed by atoms with Crippen LogP contribution in [-0.2, 0) is 0 Å². The number of likely N-dealkylation sites (N-methyl/N-ethyl adjacent to an activating group) is 1. The van der Waals surface area contributed by atoms with Crippen molar-refractivity contribution in [3.8, 4) is 0 Å². The number of carbonyl (C=O) groups excluding carboxylic acids is 1. The Labute approximate surface area is 214 Å². The largest absolute Gasteiger partial charge is 0.461 e. The van der Waals surface area contributed by atoms with Crippen molar-refractivity contribution >= 4 is 5.78 Å². The second kappa shape index (κ2) is 7.89. The van der Waals surface area contributed by atoms with Gasteiger partial charge in [0, 0.05) is 34.9 Å².